The van der Waals surface area contributed by atoms with E-state index in [-0.39, 0.29) is 0 Å². The fraction of sp³-hybridized carbons (Fsp3) is 0.800. The van der Waals surface area contributed by atoms with Crippen LogP contribution in [0.4, 0.5) is 0 Å². The van der Waals surface area contributed by atoms with Crippen molar-refractivity contribution in [3.8, 4) is 0 Å². The minimum Gasteiger partial charge on any atom is -0.544 e. The number of hydrogen-bond donors (Lipinski definition) is 4. The molecule has 0 aromatic rings. The molecule has 0 saturated heterocycles. The lowest BCUT2D eigenvalue weighted by Gasteiger charge is -2.18. The van der Waals surface area contributed by atoms with Crippen molar-refractivity contribution in [1.29, 1.82) is 0 Å². The van der Waals surface area contributed by atoms with Crippen LogP contribution < -0.4 is 27.6 Å². The second-order valence-electron chi connectivity index (χ2n) is 3.61. The molecule has 0 fully saturated rings. The third-order valence-corrected chi connectivity index (χ3v) is 0.815. The summed E-state index contributed by atoms with van der Waals surface area (Å²) in [4.78, 5) is 10.0. The van der Waals surface area contributed by atoms with E-state index in [4.69, 9.17) is 11.6 Å². The van der Waals surface area contributed by atoms with E-state index in [0.29, 0.717) is 4.59 Å². The van der Waals surface area contributed by atoms with Crippen molar-refractivity contribution in [3.05, 3.63) is 0 Å². The quantitative estimate of drug-likeness (QED) is 0.198. The Bertz CT molecular complexity index is 229. The van der Waals surface area contributed by atoms with Gasteiger partial charge in [0.1, 0.15) is 5.97 Å². The van der Waals surface area contributed by atoms with Gasteiger partial charge in [0.15, 0.2) is 0 Å². The summed E-state index contributed by atoms with van der Waals surface area (Å²) in [5.41, 5.74) is 9.13. The van der Waals surface area contributed by atoms with E-state index in [2.05, 4.69) is 21.3 Å². The molecule has 9 nitrogen and oxygen atoms in total. The summed E-state index contributed by atoms with van der Waals surface area (Å²) in [6, 6.07) is 0. The van der Waals surface area contributed by atoms with Gasteiger partial charge in [-0.1, -0.05) is 5.22 Å². The van der Waals surface area contributed by atoms with Crippen LogP contribution in [0.5, 0.6) is 0 Å². The van der Waals surface area contributed by atoms with Crippen LogP contribution in [-0.4, -0.2) is 37.5 Å². The van der Waals surface area contributed by atoms with Crippen molar-refractivity contribution in [1.82, 2.24) is 11.0 Å². The highest BCUT2D eigenvalue weighted by molar-refractivity contribution is 5.75. The van der Waals surface area contributed by atoms with E-state index in [9.17, 15) is 9.90 Å². The third kappa shape index (κ3) is 5.37. The van der Waals surface area contributed by atoms with Gasteiger partial charge in [0.25, 0.3) is 0 Å². The van der Waals surface area contributed by atoms with Crippen molar-refractivity contribution in [2.24, 2.45) is 21.9 Å². The zero-order valence-electron chi connectivity index (χ0n) is 8.31. The van der Waals surface area contributed by atoms with Crippen molar-refractivity contribution in [2.75, 3.05) is 21.1 Å². The summed E-state index contributed by atoms with van der Waals surface area (Å²) in [5, 5.41) is 16.2. The first kappa shape index (κ1) is 12.7. The molecule has 0 bridgehead atoms. The van der Waals surface area contributed by atoms with Gasteiger partial charge in [-0.3, -0.25) is 10.3 Å². The number of hydrazine groups is 1. The summed E-state index contributed by atoms with van der Waals surface area (Å²) in [5.74, 6) is 1.86. The number of quaternary nitrogens is 1. The first-order valence-electron chi connectivity index (χ1n) is 3.69. The predicted octanol–water partition coefficient (Wildman–Crippen LogP) is -3.61. The van der Waals surface area contributed by atoms with Crippen LogP contribution in [0.15, 0.2) is 10.3 Å². The van der Waals surface area contributed by atoms with Gasteiger partial charge < -0.3 is 9.90 Å². The highest BCUT2D eigenvalue weighted by atomic mass is 16.4. The molecule has 9 heteroatoms. The Hall–Kier alpha value is -1.29. The number of nitrogens with two attached hydrogens (primary N) is 2. The van der Waals surface area contributed by atoms with Gasteiger partial charge in [-0.05, 0) is 0 Å². The van der Waals surface area contributed by atoms with E-state index in [0.717, 1.165) is 0 Å². The second kappa shape index (κ2) is 4.28. The number of carboxylic acids is 1. The van der Waals surface area contributed by atoms with Gasteiger partial charge in [0, 0.05) is 0 Å². The van der Waals surface area contributed by atoms with E-state index >= 15 is 0 Å². The molecular weight excluding hydrogens is 190 g/mol. The molecule has 1 heterocycles. The minimum atomic E-state index is -1.90. The van der Waals surface area contributed by atoms with Gasteiger partial charge in [0.05, 0.1) is 21.1 Å². The predicted molar refractivity (Wildman–Crippen MR) is 45.3 cm³/mol. The number of carbonyl (C=O) groups is 1. The van der Waals surface area contributed by atoms with Crippen molar-refractivity contribution < 1.29 is 14.5 Å². The molecule has 0 amide bonds. The van der Waals surface area contributed by atoms with Crippen molar-refractivity contribution in [2.45, 2.75) is 5.79 Å². The summed E-state index contributed by atoms with van der Waals surface area (Å²) in [7, 11) is 5.71. The Balaban J connectivity index is 0.000000292. The number of nitrogens with one attached hydrogen (secondary N) is 2. The molecule has 1 rings (SSSR count). The number of hydrogen-bond acceptors (Lipinski definition) is 8. The van der Waals surface area contributed by atoms with E-state index < -0.39 is 11.8 Å². The summed E-state index contributed by atoms with van der Waals surface area (Å²) < 4.78 is 0.500. The number of rotatable bonds is 1. The van der Waals surface area contributed by atoms with Crippen LogP contribution in [0.1, 0.15) is 0 Å². The number of carboxylic acid groups (broad SMARTS) is 1. The van der Waals surface area contributed by atoms with Crippen LogP contribution in [0.25, 0.3) is 0 Å². The Morgan fingerprint density at radius 1 is 1.50 bits per heavy atom. The third-order valence-electron chi connectivity index (χ3n) is 0.815. The molecule has 0 saturated carbocycles. The lowest BCUT2D eigenvalue weighted by Crippen LogP contribution is -2.63. The molecule has 6 N–H and O–H groups in total. The molecule has 1 atom stereocenters. The lowest BCUT2D eigenvalue weighted by atomic mass is 10.4. The van der Waals surface area contributed by atoms with Crippen molar-refractivity contribution >= 4 is 5.97 Å². The largest absolute Gasteiger partial charge is 0.544 e. The summed E-state index contributed by atoms with van der Waals surface area (Å²) >= 11 is 0. The molecule has 0 spiro atoms. The standard InChI is InChI=1S/C3H11N2.C2H5N5O2/c1-5(2,3)4;3-2(1(8)9)4-6-7-5-2/h4H2,1-3H3;3H2,(H,4,7)(H,5,6)(H,8,9)/q+1;/p-1. The van der Waals surface area contributed by atoms with Gasteiger partial charge >= 0.3 is 0 Å². The van der Waals surface area contributed by atoms with Gasteiger partial charge in [-0.2, -0.15) is 11.3 Å². The molecule has 1 unspecified atom stereocenters. The van der Waals surface area contributed by atoms with E-state index in [1.54, 1.807) is 0 Å². The molecule has 14 heavy (non-hydrogen) atoms. The lowest BCUT2D eigenvalue weighted by molar-refractivity contribution is -0.882. The first-order valence-corrected chi connectivity index (χ1v) is 3.69. The molecule has 0 aliphatic carbocycles. The molecular formula is C5H15N7O2. The van der Waals surface area contributed by atoms with Gasteiger partial charge in [0.2, 0.25) is 5.79 Å². The Morgan fingerprint density at radius 3 is 2.07 bits per heavy atom. The minimum absolute atomic E-state index is 0.500. The Labute approximate surface area is 81.3 Å². The molecule has 0 aromatic carbocycles. The molecule has 0 radical (unpaired) electrons. The Morgan fingerprint density at radius 2 is 1.93 bits per heavy atom. The fourth-order valence-electron chi connectivity index (χ4n) is 0.331. The summed E-state index contributed by atoms with van der Waals surface area (Å²) in [6.07, 6.45) is 0. The van der Waals surface area contributed by atoms with Gasteiger partial charge in [-0.25, -0.2) is 5.53 Å². The van der Waals surface area contributed by atoms with Crippen LogP contribution in [-0.2, 0) is 4.79 Å². The first-order chi connectivity index (χ1) is 6.15. The summed E-state index contributed by atoms with van der Waals surface area (Å²) in [6.45, 7) is 0. The number of nitrogens with zero attached hydrogens (tertiary/aromatic N) is 3. The average molecular weight is 205 g/mol. The molecule has 1 aliphatic heterocycles. The van der Waals surface area contributed by atoms with Crippen LogP contribution in [0.2, 0.25) is 0 Å². The number of aliphatic carboxylic acids is 1. The smallest absolute Gasteiger partial charge is 0.242 e. The maximum atomic E-state index is 10.0. The van der Waals surface area contributed by atoms with Crippen LogP contribution in [0, 0.1) is 0 Å². The van der Waals surface area contributed by atoms with E-state index in [1.165, 1.54) is 0 Å². The highest BCUT2D eigenvalue weighted by Gasteiger charge is 2.29. The molecule has 0 aromatic heterocycles. The maximum absolute atomic E-state index is 10.0. The SMILES string of the molecule is C[N+](C)(C)N.NC1(C(=O)[O-])N=NNN1. The second-order valence-corrected chi connectivity index (χ2v) is 3.61. The Kier molecular flexibility index (Phi) is 3.89. The molecule has 1 aliphatic rings. The topological polar surface area (TPSA) is 141 Å². The average Bonchev–Trinajstić information content (AvgIpc) is 2.33. The fourth-order valence-corrected chi connectivity index (χ4v) is 0.331. The normalized spacial score (nSPS) is 24.9. The van der Waals surface area contributed by atoms with Crippen LogP contribution >= 0.6 is 0 Å². The monoisotopic (exact) mass is 205 g/mol. The highest BCUT2D eigenvalue weighted by Crippen LogP contribution is 1.98. The number of carbonyl (C=O) groups excluding carboxylic acids is 1. The van der Waals surface area contributed by atoms with Crippen molar-refractivity contribution in [3.63, 3.8) is 0 Å². The maximum Gasteiger partial charge on any atom is 0.242 e. The van der Waals surface area contributed by atoms with Gasteiger partial charge in [-0.15, -0.1) is 5.11 Å². The zero-order valence-corrected chi connectivity index (χ0v) is 8.31. The van der Waals surface area contributed by atoms with Crippen LogP contribution in [0.3, 0.4) is 0 Å². The molecule has 82 valence electrons. The zero-order chi connectivity index (χ0) is 11.4. The van der Waals surface area contributed by atoms with E-state index in [1.807, 2.05) is 21.1 Å².